The molecule has 0 aliphatic carbocycles. The average molecular weight is 388 g/mol. The van der Waals surface area contributed by atoms with E-state index in [1.807, 2.05) is 25.1 Å². The van der Waals surface area contributed by atoms with Gasteiger partial charge in [-0.05, 0) is 53.9 Å². The van der Waals surface area contributed by atoms with Crippen molar-refractivity contribution in [2.75, 3.05) is 0 Å². The van der Waals surface area contributed by atoms with Crippen molar-refractivity contribution in [1.29, 1.82) is 0 Å². The molecule has 4 heteroatoms. The van der Waals surface area contributed by atoms with Gasteiger partial charge >= 0.3 is 0 Å². The number of aliphatic hydroxyl groups is 1. The van der Waals surface area contributed by atoms with Crippen LogP contribution in [0, 0.1) is 12.7 Å². The molecule has 0 aromatic heterocycles. The van der Waals surface area contributed by atoms with Crippen LogP contribution in [0.5, 0.6) is 0 Å². The molecular formula is C15H13Br2FO. The average Bonchev–Trinajstić information content (AvgIpc) is 2.32. The number of aryl methyl sites for hydroxylation is 1. The van der Waals surface area contributed by atoms with Crippen molar-refractivity contribution >= 4 is 31.9 Å². The molecule has 2 aromatic carbocycles. The first-order valence-electron chi connectivity index (χ1n) is 5.85. The second-order valence-corrected chi connectivity index (χ2v) is 6.35. The molecule has 0 saturated heterocycles. The monoisotopic (exact) mass is 386 g/mol. The lowest BCUT2D eigenvalue weighted by atomic mass is 10.00. The van der Waals surface area contributed by atoms with Crippen molar-refractivity contribution in [2.24, 2.45) is 0 Å². The first-order chi connectivity index (χ1) is 8.95. The van der Waals surface area contributed by atoms with Crippen LogP contribution < -0.4 is 0 Å². The molecule has 0 aliphatic heterocycles. The molecule has 0 radical (unpaired) electrons. The van der Waals surface area contributed by atoms with Crippen molar-refractivity contribution in [3.05, 3.63) is 67.9 Å². The highest BCUT2D eigenvalue weighted by Crippen LogP contribution is 2.25. The van der Waals surface area contributed by atoms with Crippen LogP contribution in [-0.2, 0) is 6.42 Å². The third kappa shape index (κ3) is 3.88. The zero-order valence-electron chi connectivity index (χ0n) is 10.3. The van der Waals surface area contributed by atoms with Crippen molar-refractivity contribution in [3.63, 3.8) is 0 Å². The smallest absolute Gasteiger partial charge is 0.126 e. The summed E-state index contributed by atoms with van der Waals surface area (Å²) >= 11 is 6.71. The van der Waals surface area contributed by atoms with Gasteiger partial charge in [-0.3, -0.25) is 0 Å². The minimum atomic E-state index is -0.722. The Hall–Kier alpha value is -0.710. The van der Waals surface area contributed by atoms with E-state index in [9.17, 15) is 9.50 Å². The normalized spacial score (nSPS) is 12.5. The van der Waals surface area contributed by atoms with Crippen molar-refractivity contribution in [1.82, 2.24) is 0 Å². The van der Waals surface area contributed by atoms with E-state index in [-0.39, 0.29) is 12.2 Å². The molecule has 0 heterocycles. The Morgan fingerprint density at radius 3 is 2.53 bits per heavy atom. The summed E-state index contributed by atoms with van der Waals surface area (Å²) in [6.45, 7) is 1.96. The van der Waals surface area contributed by atoms with Gasteiger partial charge < -0.3 is 5.11 Å². The fourth-order valence-electron chi connectivity index (χ4n) is 1.98. The van der Waals surface area contributed by atoms with Gasteiger partial charge in [0.25, 0.3) is 0 Å². The van der Waals surface area contributed by atoms with Crippen molar-refractivity contribution in [3.8, 4) is 0 Å². The molecule has 19 heavy (non-hydrogen) atoms. The molecule has 1 N–H and O–H groups in total. The summed E-state index contributed by atoms with van der Waals surface area (Å²) in [4.78, 5) is 0. The summed E-state index contributed by atoms with van der Waals surface area (Å²) in [7, 11) is 0. The van der Waals surface area contributed by atoms with Crippen LogP contribution in [0.4, 0.5) is 4.39 Å². The van der Waals surface area contributed by atoms with Crippen molar-refractivity contribution < 1.29 is 9.50 Å². The number of benzene rings is 2. The van der Waals surface area contributed by atoms with Crippen LogP contribution in [0.3, 0.4) is 0 Å². The Bertz CT molecular complexity index is 578. The summed E-state index contributed by atoms with van der Waals surface area (Å²) in [6.07, 6.45) is -0.471. The fourth-order valence-corrected chi connectivity index (χ4v) is 3.02. The Balaban J connectivity index is 2.25. The summed E-state index contributed by atoms with van der Waals surface area (Å²) in [5.74, 6) is -0.297. The molecule has 100 valence electrons. The van der Waals surface area contributed by atoms with Gasteiger partial charge in [0.2, 0.25) is 0 Å². The second-order valence-electron chi connectivity index (χ2n) is 4.52. The summed E-state index contributed by atoms with van der Waals surface area (Å²) < 4.78 is 15.4. The van der Waals surface area contributed by atoms with E-state index in [1.165, 1.54) is 6.07 Å². The fraction of sp³-hybridized carbons (Fsp3) is 0.200. The highest BCUT2D eigenvalue weighted by Gasteiger charge is 2.13. The van der Waals surface area contributed by atoms with Gasteiger partial charge in [-0.2, -0.15) is 0 Å². The number of hydrogen-bond acceptors (Lipinski definition) is 1. The molecule has 1 unspecified atom stereocenters. The Kier molecular flexibility index (Phi) is 4.76. The van der Waals surface area contributed by atoms with Crippen molar-refractivity contribution in [2.45, 2.75) is 19.4 Å². The predicted molar refractivity (Wildman–Crippen MR) is 81.6 cm³/mol. The van der Waals surface area contributed by atoms with E-state index in [0.29, 0.717) is 5.56 Å². The van der Waals surface area contributed by atoms with Crippen LogP contribution in [-0.4, -0.2) is 5.11 Å². The molecule has 0 saturated carbocycles. The lowest BCUT2D eigenvalue weighted by Crippen LogP contribution is -2.04. The lowest BCUT2D eigenvalue weighted by molar-refractivity contribution is 0.177. The lowest BCUT2D eigenvalue weighted by Gasteiger charge is -2.13. The SMILES string of the molecule is Cc1cc(Br)cc(C(O)Cc2cc(Br)ccc2F)c1. The van der Waals surface area contributed by atoms with Crippen LogP contribution in [0.15, 0.2) is 45.3 Å². The number of aliphatic hydroxyl groups excluding tert-OH is 1. The van der Waals surface area contributed by atoms with E-state index >= 15 is 0 Å². The highest BCUT2D eigenvalue weighted by atomic mass is 79.9. The van der Waals surface area contributed by atoms with Gasteiger partial charge in [-0.25, -0.2) is 4.39 Å². The summed E-state index contributed by atoms with van der Waals surface area (Å²) in [5.41, 5.74) is 2.34. The summed E-state index contributed by atoms with van der Waals surface area (Å²) in [6, 6.07) is 10.5. The van der Waals surface area contributed by atoms with E-state index in [1.54, 1.807) is 12.1 Å². The zero-order valence-corrected chi connectivity index (χ0v) is 13.5. The number of hydrogen-bond donors (Lipinski definition) is 1. The number of halogens is 3. The standard InChI is InChI=1S/C15H13Br2FO/c1-9-4-11(7-13(17)5-9)15(19)8-10-6-12(16)2-3-14(10)18/h2-7,15,19H,8H2,1H3. The largest absolute Gasteiger partial charge is 0.388 e. The quantitative estimate of drug-likeness (QED) is 0.791. The van der Waals surface area contributed by atoms with E-state index in [2.05, 4.69) is 31.9 Å². The Labute approximate surface area is 128 Å². The van der Waals surface area contributed by atoms with Crippen LogP contribution in [0.25, 0.3) is 0 Å². The van der Waals surface area contributed by atoms with Gasteiger partial charge in [0.05, 0.1) is 6.10 Å². The van der Waals surface area contributed by atoms with Crippen LogP contribution >= 0.6 is 31.9 Å². The van der Waals surface area contributed by atoms with E-state index in [0.717, 1.165) is 20.1 Å². The molecular weight excluding hydrogens is 375 g/mol. The molecule has 2 rings (SSSR count). The molecule has 1 nitrogen and oxygen atoms in total. The van der Waals surface area contributed by atoms with E-state index < -0.39 is 6.10 Å². The van der Waals surface area contributed by atoms with Gasteiger partial charge in [-0.1, -0.05) is 37.9 Å². The molecule has 1 atom stereocenters. The Morgan fingerprint density at radius 2 is 1.84 bits per heavy atom. The zero-order chi connectivity index (χ0) is 14.0. The van der Waals surface area contributed by atoms with Gasteiger partial charge in [0.1, 0.15) is 5.82 Å². The molecule has 0 amide bonds. The third-order valence-electron chi connectivity index (χ3n) is 2.87. The first-order valence-corrected chi connectivity index (χ1v) is 7.43. The van der Waals surface area contributed by atoms with Gasteiger partial charge in [0.15, 0.2) is 0 Å². The minimum Gasteiger partial charge on any atom is -0.388 e. The topological polar surface area (TPSA) is 20.2 Å². The van der Waals surface area contributed by atoms with Crippen LogP contribution in [0.1, 0.15) is 22.8 Å². The highest BCUT2D eigenvalue weighted by molar-refractivity contribution is 9.10. The van der Waals surface area contributed by atoms with Gasteiger partial charge in [-0.15, -0.1) is 0 Å². The molecule has 2 aromatic rings. The predicted octanol–water partition coefficient (Wildman–Crippen LogP) is 4.94. The molecule has 0 spiro atoms. The maximum absolute atomic E-state index is 13.7. The number of rotatable bonds is 3. The Morgan fingerprint density at radius 1 is 1.11 bits per heavy atom. The molecule has 0 aliphatic rings. The summed E-state index contributed by atoms with van der Waals surface area (Å²) in [5, 5.41) is 10.2. The first kappa shape index (κ1) is 14.7. The van der Waals surface area contributed by atoms with Gasteiger partial charge in [0, 0.05) is 15.4 Å². The molecule has 0 bridgehead atoms. The third-order valence-corrected chi connectivity index (χ3v) is 3.82. The maximum Gasteiger partial charge on any atom is 0.126 e. The maximum atomic E-state index is 13.7. The minimum absolute atomic E-state index is 0.251. The molecule has 0 fully saturated rings. The van der Waals surface area contributed by atoms with E-state index in [4.69, 9.17) is 0 Å². The second kappa shape index (κ2) is 6.16. The van der Waals surface area contributed by atoms with Crippen LogP contribution in [0.2, 0.25) is 0 Å².